The second kappa shape index (κ2) is 11.8. The first-order valence-corrected chi connectivity index (χ1v) is 14.3. The first kappa shape index (κ1) is 28.3. The Balaban J connectivity index is 1.46. The second-order valence-electron chi connectivity index (χ2n) is 10.5. The molecule has 3 aliphatic rings. The van der Waals surface area contributed by atoms with Crippen molar-refractivity contribution in [2.75, 3.05) is 26.8 Å². The highest BCUT2D eigenvalue weighted by molar-refractivity contribution is 5.95. The van der Waals surface area contributed by atoms with Gasteiger partial charge in [-0.2, -0.15) is 0 Å². The maximum atomic E-state index is 14.5. The number of rotatable bonds is 3. The molecule has 2 amide bonds. The van der Waals surface area contributed by atoms with Gasteiger partial charge in [0.1, 0.15) is 17.3 Å². The summed E-state index contributed by atoms with van der Waals surface area (Å²) in [5.41, 5.74) is 3.21. The highest BCUT2D eigenvalue weighted by Gasteiger charge is 2.36. The summed E-state index contributed by atoms with van der Waals surface area (Å²) in [5.74, 6) is 1.27. The lowest BCUT2D eigenvalue weighted by Gasteiger charge is -2.37. The zero-order valence-electron chi connectivity index (χ0n) is 24.2. The van der Waals surface area contributed by atoms with Gasteiger partial charge in [-0.3, -0.25) is 9.59 Å². The number of aryl methyl sites for hydroxylation is 2. The molecular formula is C33H32FN3O6. The third-order valence-corrected chi connectivity index (χ3v) is 7.73. The number of nitrogens with one attached hydrogen (secondary N) is 1. The number of hydrogen-bond acceptors (Lipinski definition) is 7. The maximum absolute atomic E-state index is 14.5. The van der Waals surface area contributed by atoms with Crippen LogP contribution in [0.2, 0.25) is 0 Å². The number of amides is 2. The number of hydrogen-bond donors (Lipinski definition) is 1. The zero-order chi connectivity index (χ0) is 30.1. The molecule has 43 heavy (non-hydrogen) atoms. The van der Waals surface area contributed by atoms with Crippen molar-refractivity contribution >= 4 is 11.8 Å². The van der Waals surface area contributed by atoms with E-state index in [4.69, 9.17) is 18.6 Å². The van der Waals surface area contributed by atoms with Crippen LogP contribution < -0.4 is 19.5 Å². The lowest BCUT2D eigenvalue weighted by molar-refractivity contribution is 0.0658. The normalized spacial score (nSPS) is 16.4. The number of carbonyl (C=O) groups is 2. The third kappa shape index (κ3) is 5.52. The van der Waals surface area contributed by atoms with Gasteiger partial charge in [0.05, 0.1) is 31.0 Å². The summed E-state index contributed by atoms with van der Waals surface area (Å²) < 4.78 is 38.2. The van der Waals surface area contributed by atoms with Crippen molar-refractivity contribution in [3.63, 3.8) is 0 Å². The molecule has 0 saturated heterocycles. The molecule has 8 bridgehead atoms. The van der Waals surface area contributed by atoms with Crippen LogP contribution in [0.1, 0.15) is 68.6 Å². The maximum Gasteiger partial charge on any atom is 0.292 e. The lowest BCUT2D eigenvalue weighted by atomic mass is 9.87. The van der Waals surface area contributed by atoms with Crippen LogP contribution in [0.25, 0.3) is 0 Å². The number of nitrogens with zero attached hydrogens (tertiary/aromatic N) is 2. The van der Waals surface area contributed by atoms with E-state index in [-0.39, 0.29) is 30.4 Å². The molecule has 0 aliphatic carbocycles. The average Bonchev–Trinajstić information content (AvgIpc) is 3.40. The molecule has 3 aromatic carbocycles. The quantitative estimate of drug-likeness (QED) is 0.325. The van der Waals surface area contributed by atoms with Gasteiger partial charge in [0.2, 0.25) is 5.76 Å². The fourth-order valence-corrected chi connectivity index (χ4v) is 5.58. The van der Waals surface area contributed by atoms with E-state index in [2.05, 4.69) is 10.3 Å². The molecule has 4 aromatic rings. The number of oxazole rings is 1. The first-order valence-electron chi connectivity index (χ1n) is 14.3. The predicted molar refractivity (Wildman–Crippen MR) is 156 cm³/mol. The van der Waals surface area contributed by atoms with Crippen LogP contribution in [-0.4, -0.2) is 48.5 Å². The molecule has 1 atom stereocenters. The molecule has 4 heterocycles. The summed E-state index contributed by atoms with van der Waals surface area (Å²) in [7, 11) is 1.56. The van der Waals surface area contributed by atoms with E-state index < -0.39 is 17.8 Å². The number of aromatic nitrogens is 1. The minimum Gasteiger partial charge on any atom is -0.493 e. The smallest absolute Gasteiger partial charge is 0.292 e. The number of carbonyl (C=O) groups excluding carboxylic acids is 2. The van der Waals surface area contributed by atoms with Crippen molar-refractivity contribution in [2.24, 2.45) is 0 Å². The Morgan fingerprint density at radius 3 is 2.74 bits per heavy atom. The summed E-state index contributed by atoms with van der Waals surface area (Å²) >= 11 is 0. The van der Waals surface area contributed by atoms with Crippen LogP contribution in [0.5, 0.6) is 23.0 Å². The number of halogens is 1. The Hall–Kier alpha value is -4.86. The fraction of sp³-hybridized carbons (Fsp3) is 0.303. The van der Waals surface area contributed by atoms with Crippen LogP contribution in [0.3, 0.4) is 0 Å². The molecule has 0 fully saturated rings. The molecule has 1 aromatic heterocycles. The summed E-state index contributed by atoms with van der Waals surface area (Å²) in [6, 6.07) is 15.0. The molecule has 1 N–H and O–H groups in total. The summed E-state index contributed by atoms with van der Waals surface area (Å²) in [4.78, 5) is 33.0. The molecule has 222 valence electrons. The topological polar surface area (TPSA) is 103 Å². The minimum atomic E-state index is -0.636. The van der Waals surface area contributed by atoms with Crippen molar-refractivity contribution in [1.82, 2.24) is 15.2 Å². The second-order valence-corrected chi connectivity index (χ2v) is 10.5. The Kier molecular flexibility index (Phi) is 7.75. The van der Waals surface area contributed by atoms with Crippen LogP contribution >= 0.6 is 0 Å². The van der Waals surface area contributed by atoms with Gasteiger partial charge in [-0.15, -0.1) is 0 Å². The van der Waals surface area contributed by atoms with E-state index in [0.717, 1.165) is 16.7 Å². The number of ether oxygens (including phenoxy) is 3. The minimum absolute atomic E-state index is 0.102. The molecule has 0 spiro atoms. The summed E-state index contributed by atoms with van der Waals surface area (Å²) in [6.45, 7) is 4.68. The largest absolute Gasteiger partial charge is 0.493 e. The van der Waals surface area contributed by atoms with Crippen LogP contribution in [-0.2, 0) is 12.8 Å². The first-order chi connectivity index (χ1) is 20.9. The molecule has 0 saturated carbocycles. The van der Waals surface area contributed by atoms with Crippen molar-refractivity contribution < 1.29 is 32.6 Å². The van der Waals surface area contributed by atoms with E-state index in [1.807, 2.05) is 48.2 Å². The lowest BCUT2D eigenvalue weighted by Crippen LogP contribution is -2.40. The van der Waals surface area contributed by atoms with Gasteiger partial charge in [0, 0.05) is 19.5 Å². The highest BCUT2D eigenvalue weighted by atomic mass is 19.1. The Morgan fingerprint density at radius 2 is 1.95 bits per heavy atom. The van der Waals surface area contributed by atoms with Crippen LogP contribution in [0, 0.1) is 12.7 Å². The molecular weight excluding hydrogens is 553 g/mol. The number of fused-ring (bicyclic) bond motifs is 6. The molecule has 3 aliphatic heterocycles. The summed E-state index contributed by atoms with van der Waals surface area (Å²) in [5, 5.41) is 2.74. The zero-order valence-corrected chi connectivity index (χ0v) is 24.2. The van der Waals surface area contributed by atoms with Gasteiger partial charge < -0.3 is 28.8 Å². The van der Waals surface area contributed by atoms with Crippen molar-refractivity contribution in [1.29, 1.82) is 0 Å². The molecule has 9 nitrogen and oxygen atoms in total. The number of methoxy groups -OCH3 is 1. The van der Waals surface area contributed by atoms with Gasteiger partial charge in [0.25, 0.3) is 11.8 Å². The van der Waals surface area contributed by atoms with Crippen LogP contribution in [0.15, 0.2) is 59.0 Å². The van der Waals surface area contributed by atoms with Crippen LogP contribution in [0.4, 0.5) is 4.39 Å². The van der Waals surface area contributed by atoms with E-state index in [1.165, 1.54) is 18.2 Å². The van der Waals surface area contributed by atoms with Crippen molar-refractivity contribution in [3.05, 3.63) is 100 Å². The predicted octanol–water partition coefficient (Wildman–Crippen LogP) is 5.79. The Bertz CT molecular complexity index is 1700. The van der Waals surface area contributed by atoms with E-state index in [9.17, 15) is 14.0 Å². The molecule has 0 radical (unpaired) electrons. The third-order valence-electron chi connectivity index (χ3n) is 7.73. The summed E-state index contributed by atoms with van der Waals surface area (Å²) in [6.07, 6.45) is 1.63. The van der Waals surface area contributed by atoms with E-state index in [0.29, 0.717) is 60.4 Å². The molecule has 1 unspecified atom stereocenters. The van der Waals surface area contributed by atoms with Gasteiger partial charge in [-0.25, -0.2) is 9.37 Å². The Morgan fingerprint density at radius 1 is 1.14 bits per heavy atom. The van der Waals surface area contributed by atoms with Crippen molar-refractivity contribution in [2.45, 2.75) is 39.2 Å². The fourth-order valence-electron chi connectivity index (χ4n) is 5.58. The SMILES string of the molecule is CCc1nc(C)c(C(=O)N2CCc3cc4ccc3C2c2ccc(OC)c(c2)OCCCNC(=O)c2cc(ccc2F)O4)o1. The van der Waals surface area contributed by atoms with Crippen molar-refractivity contribution in [3.8, 4) is 23.0 Å². The van der Waals surface area contributed by atoms with E-state index >= 15 is 0 Å². The van der Waals surface area contributed by atoms with Gasteiger partial charge in [-0.05, 0) is 78.9 Å². The van der Waals surface area contributed by atoms with Gasteiger partial charge in [0.15, 0.2) is 17.4 Å². The molecule has 7 rings (SSSR count). The van der Waals surface area contributed by atoms with E-state index in [1.54, 1.807) is 14.0 Å². The monoisotopic (exact) mass is 585 g/mol. The number of benzene rings is 3. The van der Waals surface area contributed by atoms with Gasteiger partial charge >= 0.3 is 0 Å². The van der Waals surface area contributed by atoms with Gasteiger partial charge in [-0.1, -0.05) is 19.1 Å². The molecule has 10 heteroatoms. The Labute approximate surface area is 248 Å². The highest BCUT2D eigenvalue weighted by Crippen LogP contribution is 2.41. The standard InChI is InChI=1S/C33H32FN3O6/c1-4-29-36-19(2)31(43-29)33(39)37-14-12-20-16-22-7-9-24(20)30(37)21-6-11-27(40-3)28(17-21)41-15-5-13-35-32(38)25-18-23(42-22)8-10-26(25)34/h6-11,16-18,30H,4-5,12-15H2,1-3H3,(H,35,38). The average molecular weight is 586 g/mol.